The van der Waals surface area contributed by atoms with Gasteiger partial charge in [0, 0.05) is 100 Å². The summed E-state index contributed by atoms with van der Waals surface area (Å²) in [5, 5.41) is 0. The quantitative estimate of drug-likeness (QED) is 0.139. The van der Waals surface area contributed by atoms with Crippen LogP contribution in [0.2, 0.25) is 0 Å². The molecular formula is C81H97N5+4. The number of hydrogen-bond donors (Lipinski definition) is 0. The topological polar surface area (TPSA) is 28.4 Å². The molecule has 5 heterocycles. The minimum atomic E-state index is -2.48. The van der Waals surface area contributed by atoms with Crippen LogP contribution in [0.4, 0.5) is 0 Å². The molecule has 2 aliphatic carbocycles. The van der Waals surface area contributed by atoms with Crippen LogP contribution in [0.5, 0.6) is 0 Å². The second-order valence-electron chi connectivity index (χ2n) is 23.3. The van der Waals surface area contributed by atoms with Crippen molar-refractivity contribution in [1.29, 1.82) is 0 Å². The number of benzene rings is 5. The average molecular weight is 1150 g/mol. The number of aryl methyl sites for hydroxylation is 15. The highest BCUT2D eigenvalue weighted by molar-refractivity contribution is 5.66. The molecule has 0 unspecified atom stereocenters. The van der Waals surface area contributed by atoms with Crippen molar-refractivity contribution < 1.29 is 37.5 Å². The molecule has 5 aromatic heterocycles. The van der Waals surface area contributed by atoms with E-state index in [1.807, 2.05) is 107 Å². The van der Waals surface area contributed by atoms with E-state index in [2.05, 4.69) is 127 Å². The molecule has 0 spiro atoms. The third kappa shape index (κ3) is 16.2. The van der Waals surface area contributed by atoms with Gasteiger partial charge in [-0.2, -0.15) is 0 Å². The minimum Gasteiger partial charge on any atom is -0.256 e. The van der Waals surface area contributed by atoms with E-state index >= 15 is 0 Å². The van der Waals surface area contributed by atoms with E-state index < -0.39 is 33.8 Å². The van der Waals surface area contributed by atoms with E-state index in [1.54, 1.807) is 29.3 Å². The Kier molecular flexibility index (Phi) is 16.6. The molecule has 5 aromatic carbocycles. The molecule has 0 N–H and O–H groups in total. The molecule has 86 heavy (non-hydrogen) atoms. The summed E-state index contributed by atoms with van der Waals surface area (Å²) in [6.07, 6.45) is 18.2. The smallest absolute Gasteiger partial charge is 0.212 e. The maximum atomic E-state index is 7.98. The first-order valence-corrected chi connectivity index (χ1v) is 30.3. The van der Waals surface area contributed by atoms with Gasteiger partial charge in [-0.1, -0.05) is 130 Å². The summed E-state index contributed by atoms with van der Waals surface area (Å²) in [5.41, 5.74) is 20.5. The third-order valence-electron chi connectivity index (χ3n) is 17.0. The van der Waals surface area contributed by atoms with Gasteiger partial charge in [-0.05, 0) is 205 Å². The molecule has 2 saturated carbocycles. The van der Waals surface area contributed by atoms with Crippen molar-refractivity contribution in [3.63, 3.8) is 0 Å². The zero-order chi connectivity index (χ0) is 73.2. The van der Waals surface area contributed by atoms with Crippen LogP contribution in [0.15, 0.2) is 195 Å². The first-order chi connectivity index (χ1) is 46.9. The van der Waals surface area contributed by atoms with Crippen LogP contribution in [0, 0.1) is 68.9 Å². The zero-order valence-electron chi connectivity index (χ0n) is 66.5. The Labute approximate surface area is 537 Å². The first-order valence-electron chi connectivity index (χ1n) is 37.3. The molecule has 0 saturated heterocycles. The van der Waals surface area contributed by atoms with E-state index in [9.17, 15) is 0 Å². The van der Waals surface area contributed by atoms with Crippen molar-refractivity contribution in [3.05, 3.63) is 267 Å². The molecule has 442 valence electrons. The Bertz CT molecular complexity index is 4330. The van der Waals surface area contributed by atoms with Crippen LogP contribution in [-0.4, -0.2) is 4.98 Å². The maximum Gasteiger partial charge on any atom is 0.212 e. The largest absolute Gasteiger partial charge is 0.256 e. The number of aromatic nitrogens is 5. The van der Waals surface area contributed by atoms with Gasteiger partial charge in [-0.15, -0.1) is 0 Å². The first kappa shape index (κ1) is 47.1. The van der Waals surface area contributed by atoms with Gasteiger partial charge in [0.2, 0.25) is 22.8 Å². The van der Waals surface area contributed by atoms with E-state index in [0.717, 1.165) is 62.2 Å². The highest BCUT2D eigenvalue weighted by Gasteiger charge is 2.23. The summed E-state index contributed by atoms with van der Waals surface area (Å²) in [6, 6.07) is 54.9. The van der Waals surface area contributed by atoms with Gasteiger partial charge < -0.3 is 0 Å². The lowest BCUT2D eigenvalue weighted by molar-refractivity contribution is -0.661. The second-order valence-corrected chi connectivity index (χ2v) is 23.3. The lowest BCUT2D eigenvalue weighted by Crippen LogP contribution is -2.31. The molecule has 0 amide bonds. The molecule has 0 radical (unpaired) electrons. The third-order valence-corrected chi connectivity index (χ3v) is 17.0. The summed E-state index contributed by atoms with van der Waals surface area (Å²) in [7, 11) is 7.81. The van der Waals surface area contributed by atoms with Crippen LogP contribution in [0.3, 0.4) is 0 Å². The van der Waals surface area contributed by atoms with E-state index in [1.165, 1.54) is 128 Å². The van der Waals surface area contributed by atoms with Crippen molar-refractivity contribution in [1.82, 2.24) is 4.98 Å². The van der Waals surface area contributed by atoms with Crippen molar-refractivity contribution >= 4 is 0 Å². The lowest BCUT2D eigenvalue weighted by Gasteiger charge is -2.11. The highest BCUT2D eigenvalue weighted by Crippen LogP contribution is 2.36. The van der Waals surface area contributed by atoms with E-state index in [-0.39, 0.29) is 22.3 Å². The fourth-order valence-corrected chi connectivity index (χ4v) is 11.8. The van der Waals surface area contributed by atoms with Crippen LogP contribution < -0.4 is 18.3 Å². The van der Waals surface area contributed by atoms with Crippen molar-refractivity contribution in [2.45, 2.75) is 145 Å². The van der Waals surface area contributed by atoms with Gasteiger partial charge in [0.05, 0.1) is 5.69 Å². The number of nitrogens with zero attached hydrogens (tertiary/aromatic N) is 5. The molecular weight excluding hydrogens is 1040 g/mol. The molecule has 2 fully saturated rings. The van der Waals surface area contributed by atoms with Crippen LogP contribution >= 0.6 is 0 Å². The predicted molar refractivity (Wildman–Crippen MR) is 361 cm³/mol. The molecule has 0 bridgehead atoms. The Balaban J connectivity index is 0.000000159. The minimum absolute atomic E-state index is 0.0554. The maximum absolute atomic E-state index is 7.98. The molecule has 2 aliphatic rings. The van der Waals surface area contributed by atoms with Gasteiger partial charge in [0.25, 0.3) is 0 Å². The fourth-order valence-electron chi connectivity index (χ4n) is 11.8. The van der Waals surface area contributed by atoms with E-state index in [4.69, 9.17) is 19.2 Å². The summed E-state index contributed by atoms with van der Waals surface area (Å²) in [4.78, 5) is 4.28. The van der Waals surface area contributed by atoms with Gasteiger partial charge in [0.15, 0.2) is 24.8 Å². The Morgan fingerprint density at radius 2 is 0.802 bits per heavy atom. The summed E-state index contributed by atoms with van der Waals surface area (Å²) in [5.74, 6) is 1.57. The van der Waals surface area contributed by atoms with Gasteiger partial charge in [-0.25, -0.2) is 18.3 Å². The number of pyridine rings is 5. The Hall–Kier alpha value is -8.15. The normalized spacial score (nSPS) is 16.0. The standard InChI is InChI=1S/2C18H22N.C16H20N.C15H18N.C14H15N/c1-14-7-3-6-10-17(14)18-13-16(11-12-19(18)2)15-8-4-5-9-15;1-14-7-3-6-10-17(14)18-12-11-16(13-19(18)2)15-8-4-5-9-15;1-5-14-10-16(17(4)11-13(14)3)15-9-7-6-8-12(15)2;1-11-7-5-6-8-14(11)15-9-12(2)13(3)10-16(15)4;1-10-6-4-5-7-13(10)14-8-11(2)12(3)9-15-14/h2*3,6-7,10-13,15H,4-5,8-9H2,1-2H3;6-11H,5H2,1-4H3;5-10H,1-4H3;4-9H,1-3H3/q4*+1;/i;;3D3,5D2;2D3,3D3;3D3. The van der Waals surface area contributed by atoms with Crippen molar-refractivity contribution in [3.8, 4) is 56.3 Å². The SMILES string of the molecule is Cc1ccccc1-c1cc(C2CCCC2)cc[n+]1C.Cc1ccccc1-c1ccc(C2CCCC2)c[n+]1C.[2H]C([2H])([2H])c1c[n+](C)c(-c2ccccc2C)cc1C([2H])([2H])C.[2H]C([2H])([2H])c1cc(-c2ccccc2C)[n+](C)cc1C([2H])([2H])[2H].[2H]C([2H])([2H])c1cnc(-c2ccccc2C)cc1C. The van der Waals surface area contributed by atoms with Crippen LogP contribution in [-0.2, 0) is 34.6 Å². The second kappa shape index (κ2) is 30.3. The zero-order valence-corrected chi connectivity index (χ0v) is 52.5. The van der Waals surface area contributed by atoms with Gasteiger partial charge in [-0.3, -0.25) is 4.98 Å². The molecule has 12 rings (SSSR count). The van der Waals surface area contributed by atoms with E-state index in [0.29, 0.717) is 11.3 Å². The predicted octanol–water partition coefficient (Wildman–Crippen LogP) is 18.4. The summed E-state index contributed by atoms with van der Waals surface area (Å²) in [6.45, 7) is 4.12. The van der Waals surface area contributed by atoms with Crippen molar-refractivity contribution in [2.24, 2.45) is 28.2 Å². The highest BCUT2D eigenvalue weighted by atomic mass is 14.9. The van der Waals surface area contributed by atoms with Crippen molar-refractivity contribution in [2.75, 3.05) is 0 Å². The van der Waals surface area contributed by atoms with Gasteiger partial charge >= 0.3 is 0 Å². The monoisotopic (exact) mass is 1150 g/mol. The molecule has 0 aliphatic heterocycles. The summed E-state index contributed by atoms with van der Waals surface area (Å²) < 4.78 is 115. The van der Waals surface area contributed by atoms with Crippen LogP contribution in [0.1, 0.15) is 162 Å². The Morgan fingerprint density at radius 1 is 0.384 bits per heavy atom. The fraction of sp³-hybridized carbons (Fsp3) is 0.321. The molecule has 5 heteroatoms. The van der Waals surface area contributed by atoms with Gasteiger partial charge in [0.1, 0.15) is 28.2 Å². The summed E-state index contributed by atoms with van der Waals surface area (Å²) >= 11 is 0. The molecule has 0 atom stereocenters. The average Bonchev–Trinajstić information content (AvgIpc) is 0.915. The number of hydrogen-bond acceptors (Lipinski definition) is 1. The lowest BCUT2D eigenvalue weighted by atomic mass is 9.95. The number of rotatable bonds is 8. The molecule has 10 aromatic rings. The van der Waals surface area contributed by atoms with Crippen LogP contribution in [0.25, 0.3) is 56.3 Å². The molecule has 5 nitrogen and oxygen atoms in total. The Morgan fingerprint density at radius 3 is 1.26 bits per heavy atom.